The molecule has 0 saturated heterocycles. The van der Waals surface area contributed by atoms with Gasteiger partial charge in [0, 0.05) is 9.35 Å². The number of carbonyl (C=O) groups excluding carboxylic acids is 1. The molecule has 1 nitrogen and oxygen atoms in total. The molecule has 0 aliphatic heterocycles. The van der Waals surface area contributed by atoms with Crippen molar-refractivity contribution in [2.45, 2.75) is 0 Å². The van der Waals surface area contributed by atoms with Crippen molar-refractivity contribution in [3.05, 3.63) is 57.9 Å². The van der Waals surface area contributed by atoms with Crippen LogP contribution in [0.25, 0.3) is 21.2 Å². The third kappa shape index (κ3) is 1.89. The number of benzene rings is 2. The molecule has 0 atom stereocenters. The van der Waals surface area contributed by atoms with E-state index in [-0.39, 0.29) is 0 Å². The van der Waals surface area contributed by atoms with E-state index in [0.717, 1.165) is 20.5 Å². The van der Waals surface area contributed by atoms with E-state index in [1.54, 1.807) is 0 Å². The minimum Gasteiger partial charge on any atom is -0.297 e. The highest BCUT2D eigenvalue weighted by Crippen LogP contribution is 2.36. The van der Waals surface area contributed by atoms with Crippen LogP contribution in [-0.4, -0.2) is 6.29 Å². The third-order valence-corrected chi connectivity index (χ3v) is 4.61. The van der Waals surface area contributed by atoms with Gasteiger partial charge in [-0.2, -0.15) is 0 Å². The minimum atomic E-state index is 0.761. The van der Waals surface area contributed by atoms with Crippen molar-refractivity contribution in [3.8, 4) is 10.4 Å². The number of hydrogen-bond donors (Lipinski definition) is 0. The Morgan fingerprint density at radius 2 is 1.72 bits per heavy atom. The molecule has 2 aromatic carbocycles. The van der Waals surface area contributed by atoms with Crippen molar-refractivity contribution in [3.63, 3.8) is 0 Å². The topological polar surface area (TPSA) is 17.1 Å². The molecule has 0 saturated carbocycles. The van der Waals surface area contributed by atoms with Gasteiger partial charge in [0.15, 0.2) is 6.29 Å². The molecule has 1 aromatic heterocycles. The Balaban J connectivity index is 2.29. The largest absolute Gasteiger partial charge is 0.297 e. The van der Waals surface area contributed by atoms with E-state index >= 15 is 0 Å². The molecule has 3 rings (SSSR count). The van der Waals surface area contributed by atoms with Gasteiger partial charge in [-0.3, -0.25) is 4.79 Å². The zero-order valence-corrected chi connectivity index (χ0v) is 11.8. The molecule has 0 spiro atoms. The van der Waals surface area contributed by atoms with Gasteiger partial charge < -0.3 is 0 Å². The molecule has 0 radical (unpaired) electrons. The maximum atomic E-state index is 10.8. The molecule has 0 N–H and O–H groups in total. The molecule has 3 heteroatoms. The maximum Gasteiger partial charge on any atom is 0.160 e. The normalized spacial score (nSPS) is 10.7. The average Bonchev–Trinajstić information content (AvgIpc) is 2.88. The first-order valence-corrected chi connectivity index (χ1v) is 7.13. The lowest BCUT2D eigenvalue weighted by Crippen LogP contribution is -1.79. The van der Waals surface area contributed by atoms with Crippen molar-refractivity contribution in [2.75, 3.05) is 0 Å². The summed E-state index contributed by atoms with van der Waals surface area (Å²) in [6, 6.07) is 16.3. The first-order valence-electron chi connectivity index (χ1n) is 5.52. The van der Waals surface area contributed by atoms with Gasteiger partial charge in [0.1, 0.15) is 0 Å². The van der Waals surface area contributed by atoms with E-state index in [0.29, 0.717) is 0 Å². The summed E-state index contributed by atoms with van der Waals surface area (Å²) in [6.45, 7) is 0. The Morgan fingerprint density at radius 1 is 0.944 bits per heavy atom. The second-order valence-corrected chi connectivity index (χ2v) is 5.93. The SMILES string of the molecule is O=Cc1ccc(-c2ccc(Br)c3ccccc23)s1. The lowest BCUT2D eigenvalue weighted by Gasteiger charge is -2.06. The van der Waals surface area contributed by atoms with Crippen LogP contribution in [-0.2, 0) is 0 Å². The lowest BCUT2D eigenvalue weighted by atomic mass is 10.0. The summed E-state index contributed by atoms with van der Waals surface area (Å²) in [5.41, 5.74) is 1.17. The van der Waals surface area contributed by atoms with Crippen LogP contribution in [0, 0.1) is 0 Å². The summed E-state index contributed by atoms with van der Waals surface area (Å²) < 4.78 is 1.09. The van der Waals surface area contributed by atoms with E-state index in [1.807, 2.05) is 24.3 Å². The summed E-state index contributed by atoms with van der Waals surface area (Å²) in [7, 11) is 0. The molecule has 0 fully saturated rings. The fraction of sp³-hybridized carbons (Fsp3) is 0. The van der Waals surface area contributed by atoms with Crippen molar-refractivity contribution in [1.29, 1.82) is 0 Å². The van der Waals surface area contributed by atoms with Crippen LogP contribution >= 0.6 is 27.3 Å². The smallest absolute Gasteiger partial charge is 0.160 e. The average molecular weight is 317 g/mol. The molecule has 88 valence electrons. The fourth-order valence-electron chi connectivity index (χ4n) is 2.04. The van der Waals surface area contributed by atoms with E-state index in [9.17, 15) is 4.79 Å². The molecule has 18 heavy (non-hydrogen) atoms. The van der Waals surface area contributed by atoms with Gasteiger partial charge in [0.25, 0.3) is 0 Å². The van der Waals surface area contributed by atoms with Crippen molar-refractivity contribution in [2.24, 2.45) is 0 Å². The van der Waals surface area contributed by atoms with Crippen LogP contribution in [0.15, 0.2) is 53.0 Å². The molecule has 0 bridgehead atoms. The molecule has 0 aliphatic rings. The Bertz CT molecular complexity index is 730. The maximum absolute atomic E-state index is 10.8. The second kappa shape index (κ2) is 4.67. The van der Waals surface area contributed by atoms with Gasteiger partial charge in [-0.15, -0.1) is 11.3 Å². The van der Waals surface area contributed by atoms with Crippen LogP contribution in [0.1, 0.15) is 9.67 Å². The van der Waals surface area contributed by atoms with Gasteiger partial charge in [0.2, 0.25) is 0 Å². The number of rotatable bonds is 2. The molecule has 0 amide bonds. The highest BCUT2D eigenvalue weighted by atomic mass is 79.9. The number of fused-ring (bicyclic) bond motifs is 1. The van der Waals surface area contributed by atoms with Gasteiger partial charge in [0.05, 0.1) is 4.88 Å². The van der Waals surface area contributed by atoms with Crippen LogP contribution in [0.4, 0.5) is 0 Å². The minimum absolute atomic E-state index is 0.761. The Morgan fingerprint density at radius 3 is 2.44 bits per heavy atom. The predicted molar refractivity (Wildman–Crippen MR) is 80.3 cm³/mol. The lowest BCUT2D eigenvalue weighted by molar-refractivity contribution is 0.112. The predicted octanol–water partition coefficient (Wildman–Crippen LogP) is 5.14. The summed E-state index contributed by atoms with van der Waals surface area (Å²) in [6.07, 6.45) is 0.898. The van der Waals surface area contributed by atoms with E-state index in [4.69, 9.17) is 0 Å². The van der Waals surface area contributed by atoms with Crippen LogP contribution in [0.5, 0.6) is 0 Å². The van der Waals surface area contributed by atoms with Gasteiger partial charge in [-0.25, -0.2) is 0 Å². The fourth-order valence-corrected chi connectivity index (χ4v) is 3.38. The highest BCUT2D eigenvalue weighted by Gasteiger charge is 2.08. The summed E-state index contributed by atoms with van der Waals surface area (Å²) >= 11 is 5.09. The molecular formula is C15H9BrOS. The summed E-state index contributed by atoms with van der Waals surface area (Å²) in [5.74, 6) is 0. The number of thiophene rings is 1. The first kappa shape index (κ1) is 11.6. The molecular weight excluding hydrogens is 308 g/mol. The molecule has 1 heterocycles. The van der Waals surface area contributed by atoms with Crippen LogP contribution in [0.3, 0.4) is 0 Å². The molecule has 0 aliphatic carbocycles. The van der Waals surface area contributed by atoms with Crippen molar-refractivity contribution >= 4 is 44.3 Å². The summed E-state index contributed by atoms with van der Waals surface area (Å²) in [5, 5.41) is 2.39. The quantitative estimate of drug-likeness (QED) is 0.598. The Kier molecular flexibility index (Phi) is 3.02. The van der Waals surface area contributed by atoms with Crippen molar-refractivity contribution in [1.82, 2.24) is 0 Å². The van der Waals surface area contributed by atoms with Gasteiger partial charge in [-0.1, -0.05) is 46.3 Å². The van der Waals surface area contributed by atoms with Gasteiger partial charge in [-0.05, 0) is 34.5 Å². The Labute approximate surface area is 117 Å². The monoisotopic (exact) mass is 316 g/mol. The first-order chi connectivity index (χ1) is 8.79. The summed E-state index contributed by atoms with van der Waals surface area (Å²) in [4.78, 5) is 12.7. The third-order valence-electron chi connectivity index (χ3n) is 2.88. The zero-order valence-electron chi connectivity index (χ0n) is 9.39. The van der Waals surface area contributed by atoms with Crippen molar-refractivity contribution < 1.29 is 4.79 Å². The van der Waals surface area contributed by atoms with E-state index < -0.39 is 0 Å². The number of halogens is 1. The Hall–Kier alpha value is -1.45. The molecule has 3 aromatic rings. The zero-order chi connectivity index (χ0) is 12.5. The number of carbonyl (C=O) groups is 1. The van der Waals surface area contributed by atoms with E-state index in [1.165, 1.54) is 27.7 Å². The molecule has 0 unspecified atom stereocenters. The second-order valence-electron chi connectivity index (χ2n) is 3.96. The number of aldehydes is 1. The standard InChI is InChI=1S/C15H9BrOS/c16-14-7-6-13(11-3-1-2-4-12(11)14)15-8-5-10(9-17)18-15/h1-9H. The van der Waals surface area contributed by atoms with E-state index in [2.05, 4.69) is 40.2 Å². The van der Waals surface area contributed by atoms with Crippen LogP contribution < -0.4 is 0 Å². The number of hydrogen-bond acceptors (Lipinski definition) is 2. The van der Waals surface area contributed by atoms with Crippen LogP contribution in [0.2, 0.25) is 0 Å². The highest BCUT2D eigenvalue weighted by molar-refractivity contribution is 9.10. The van der Waals surface area contributed by atoms with Gasteiger partial charge >= 0.3 is 0 Å².